The number of ether oxygens (including phenoxy) is 1. The first kappa shape index (κ1) is 20.2. The third-order valence-corrected chi connectivity index (χ3v) is 5.44. The number of benzene rings is 1. The second kappa shape index (κ2) is 8.82. The van der Waals surface area contributed by atoms with Crippen LogP contribution in [0.2, 0.25) is 0 Å². The van der Waals surface area contributed by atoms with Gasteiger partial charge in [0.15, 0.2) is 16.4 Å². The normalized spacial score (nSPS) is 12.7. The lowest BCUT2D eigenvalue weighted by Gasteiger charge is -2.17. The van der Waals surface area contributed by atoms with Crippen LogP contribution in [0.5, 0.6) is 0 Å². The van der Waals surface area contributed by atoms with Gasteiger partial charge in [-0.25, -0.2) is 8.42 Å². The monoisotopic (exact) mass is 355 g/mol. The van der Waals surface area contributed by atoms with Gasteiger partial charge in [0.05, 0.1) is 17.1 Å². The van der Waals surface area contributed by atoms with Gasteiger partial charge in [0.25, 0.3) is 5.91 Å². The lowest BCUT2D eigenvalue weighted by atomic mass is 10.1. The Kier molecular flexibility index (Phi) is 7.41. The standard InChI is InChI=1S/C17H25NO5S/c1-12(2)14(4)18-16(19)11-23-17(20)9-10-24(21,22)15-7-5-13(3)6-8-15/h5-8,12,14H,9-11H2,1-4H3,(H,18,19). The fourth-order valence-electron chi connectivity index (χ4n) is 1.76. The lowest BCUT2D eigenvalue weighted by Crippen LogP contribution is -2.38. The molecule has 0 spiro atoms. The molecule has 0 fully saturated rings. The topological polar surface area (TPSA) is 89.5 Å². The minimum atomic E-state index is -3.54. The van der Waals surface area contributed by atoms with E-state index >= 15 is 0 Å². The highest BCUT2D eigenvalue weighted by Gasteiger charge is 2.18. The smallest absolute Gasteiger partial charge is 0.307 e. The van der Waals surface area contributed by atoms with E-state index in [1.54, 1.807) is 12.1 Å². The molecule has 134 valence electrons. The van der Waals surface area contributed by atoms with Gasteiger partial charge in [-0.15, -0.1) is 0 Å². The van der Waals surface area contributed by atoms with E-state index in [4.69, 9.17) is 4.74 Å². The average molecular weight is 355 g/mol. The summed E-state index contributed by atoms with van der Waals surface area (Å²) < 4.78 is 29.1. The van der Waals surface area contributed by atoms with E-state index in [1.165, 1.54) is 12.1 Å². The van der Waals surface area contributed by atoms with Crippen LogP contribution < -0.4 is 5.32 Å². The Labute approximate surface area is 143 Å². The lowest BCUT2D eigenvalue weighted by molar-refractivity contribution is -0.148. The zero-order valence-electron chi connectivity index (χ0n) is 14.5. The number of sulfone groups is 1. The molecule has 0 aliphatic rings. The number of carbonyl (C=O) groups is 2. The van der Waals surface area contributed by atoms with Crippen molar-refractivity contribution in [3.63, 3.8) is 0 Å². The van der Waals surface area contributed by atoms with Crippen LogP contribution in [-0.4, -0.2) is 38.7 Å². The van der Waals surface area contributed by atoms with Crippen molar-refractivity contribution in [1.29, 1.82) is 0 Å². The minimum absolute atomic E-state index is 0.0295. The zero-order valence-corrected chi connectivity index (χ0v) is 15.4. The van der Waals surface area contributed by atoms with Gasteiger partial charge < -0.3 is 10.1 Å². The molecule has 1 unspecified atom stereocenters. The molecular weight excluding hydrogens is 330 g/mol. The molecule has 6 nitrogen and oxygen atoms in total. The minimum Gasteiger partial charge on any atom is -0.456 e. The third-order valence-electron chi connectivity index (χ3n) is 3.71. The SMILES string of the molecule is Cc1ccc(S(=O)(=O)CCC(=O)OCC(=O)NC(C)C(C)C)cc1. The highest BCUT2D eigenvalue weighted by molar-refractivity contribution is 7.91. The Morgan fingerprint density at radius 1 is 1.12 bits per heavy atom. The molecule has 1 aromatic carbocycles. The summed E-state index contributed by atoms with van der Waals surface area (Å²) in [5.74, 6) is -1.19. The van der Waals surface area contributed by atoms with Crippen molar-refractivity contribution in [3.05, 3.63) is 29.8 Å². The predicted molar refractivity (Wildman–Crippen MR) is 91.3 cm³/mol. The molecule has 1 N–H and O–H groups in total. The zero-order chi connectivity index (χ0) is 18.3. The van der Waals surface area contributed by atoms with Gasteiger partial charge in [-0.2, -0.15) is 0 Å². The first-order valence-corrected chi connectivity index (χ1v) is 9.51. The maximum Gasteiger partial charge on any atom is 0.307 e. The largest absolute Gasteiger partial charge is 0.456 e. The second-order valence-corrected chi connectivity index (χ2v) is 8.25. The molecule has 24 heavy (non-hydrogen) atoms. The molecule has 7 heteroatoms. The molecule has 1 aromatic rings. The van der Waals surface area contributed by atoms with Gasteiger partial charge in [-0.3, -0.25) is 9.59 Å². The highest BCUT2D eigenvalue weighted by Crippen LogP contribution is 2.13. The fraction of sp³-hybridized carbons (Fsp3) is 0.529. The first-order valence-electron chi connectivity index (χ1n) is 7.86. The van der Waals surface area contributed by atoms with Gasteiger partial charge in [-0.05, 0) is 31.9 Å². The van der Waals surface area contributed by atoms with Crippen LogP contribution in [0.4, 0.5) is 0 Å². The van der Waals surface area contributed by atoms with E-state index in [0.717, 1.165) is 5.56 Å². The summed E-state index contributed by atoms with van der Waals surface area (Å²) in [7, 11) is -3.54. The van der Waals surface area contributed by atoms with E-state index in [1.807, 2.05) is 27.7 Å². The molecule has 0 aliphatic carbocycles. The number of hydrogen-bond acceptors (Lipinski definition) is 5. The molecule has 0 aromatic heterocycles. The molecule has 1 rings (SSSR count). The van der Waals surface area contributed by atoms with Crippen LogP contribution in [0.3, 0.4) is 0 Å². The molecule has 0 heterocycles. The Balaban J connectivity index is 2.43. The average Bonchev–Trinajstić information content (AvgIpc) is 2.51. The van der Waals surface area contributed by atoms with Gasteiger partial charge in [-0.1, -0.05) is 31.5 Å². The summed E-state index contributed by atoms with van der Waals surface area (Å²) >= 11 is 0. The van der Waals surface area contributed by atoms with Crippen molar-refractivity contribution in [2.24, 2.45) is 5.92 Å². The molecule has 0 bridgehead atoms. The van der Waals surface area contributed by atoms with Gasteiger partial charge >= 0.3 is 5.97 Å². The van der Waals surface area contributed by atoms with E-state index in [-0.39, 0.29) is 29.0 Å². The van der Waals surface area contributed by atoms with Crippen LogP contribution >= 0.6 is 0 Å². The summed E-state index contributed by atoms with van der Waals surface area (Å²) in [4.78, 5) is 23.4. The summed E-state index contributed by atoms with van der Waals surface area (Å²) in [6.07, 6.45) is -0.288. The summed E-state index contributed by atoms with van der Waals surface area (Å²) in [6.45, 7) is 7.25. The summed E-state index contributed by atoms with van der Waals surface area (Å²) in [6, 6.07) is 6.39. The maximum absolute atomic E-state index is 12.1. The molecule has 1 atom stereocenters. The Morgan fingerprint density at radius 2 is 1.71 bits per heavy atom. The first-order chi connectivity index (χ1) is 11.1. The summed E-state index contributed by atoms with van der Waals surface area (Å²) in [5, 5.41) is 2.70. The number of rotatable bonds is 8. The van der Waals surface area contributed by atoms with Crippen molar-refractivity contribution in [2.75, 3.05) is 12.4 Å². The van der Waals surface area contributed by atoms with Crippen molar-refractivity contribution >= 4 is 21.7 Å². The van der Waals surface area contributed by atoms with E-state index < -0.39 is 28.3 Å². The van der Waals surface area contributed by atoms with E-state index in [0.29, 0.717) is 0 Å². The number of carbonyl (C=O) groups excluding carboxylic acids is 2. The van der Waals surface area contributed by atoms with E-state index in [9.17, 15) is 18.0 Å². The Morgan fingerprint density at radius 3 is 2.25 bits per heavy atom. The molecule has 0 aliphatic heterocycles. The molecule has 0 radical (unpaired) electrons. The van der Waals surface area contributed by atoms with Crippen molar-refractivity contribution < 1.29 is 22.7 Å². The van der Waals surface area contributed by atoms with Crippen LogP contribution in [0.15, 0.2) is 29.2 Å². The van der Waals surface area contributed by atoms with E-state index in [2.05, 4.69) is 5.32 Å². The molecule has 0 saturated carbocycles. The Hall–Kier alpha value is -1.89. The maximum atomic E-state index is 12.1. The second-order valence-electron chi connectivity index (χ2n) is 6.14. The van der Waals surface area contributed by atoms with Crippen molar-refractivity contribution in [1.82, 2.24) is 5.32 Å². The van der Waals surface area contributed by atoms with Gasteiger partial charge in [0, 0.05) is 6.04 Å². The predicted octanol–water partition coefficient (Wildman–Crippen LogP) is 1.86. The number of nitrogens with one attached hydrogen (secondary N) is 1. The summed E-state index contributed by atoms with van der Waals surface area (Å²) in [5.41, 5.74) is 0.954. The van der Waals surface area contributed by atoms with Crippen LogP contribution in [0, 0.1) is 12.8 Å². The number of esters is 1. The van der Waals surface area contributed by atoms with Crippen LogP contribution in [0.25, 0.3) is 0 Å². The Bertz CT molecular complexity index is 665. The molecule has 1 amide bonds. The number of hydrogen-bond donors (Lipinski definition) is 1. The third kappa shape index (κ3) is 6.70. The molecule has 0 saturated heterocycles. The van der Waals surface area contributed by atoms with Gasteiger partial charge in [0.2, 0.25) is 0 Å². The fourth-order valence-corrected chi connectivity index (χ4v) is 2.98. The van der Waals surface area contributed by atoms with Crippen LogP contribution in [0.1, 0.15) is 32.8 Å². The number of amides is 1. The van der Waals surface area contributed by atoms with Gasteiger partial charge in [0.1, 0.15) is 0 Å². The van der Waals surface area contributed by atoms with Crippen molar-refractivity contribution in [2.45, 2.75) is 45.1 Å². The number of aryl methyl sites for hydroxylation is 1. The quantitative estimate of drug-likeness (QED) is 0.719. The highest BCUT2D eigenvalue weighted by atomic mass is 32.2. The van der Waals surface area contributed by atoms with Crippen molar-refractivity contribution in [3.8, 4) is 0 Å². The molecular formula is C17H25NO5S. The van der Waals surface area contributed by atoms with Crippen LogP contribution in [-0.2, 0) is 24.2 Å².